The van der Waals surface area contributed by atoms with Gasteiger partial charge in [0.25, 0.3) is 0 Å². The molecular formula is C3H5N5O7. The van der Waals surface area contributed by atoms with E-state index in [9.17, 15) is 35.1 Å². The quantitative estimate of drug-likeness (QED) is 0.271. The van der Waals surface area contributed by atoms with E-state index in [4.69, 9.17) is 0 Å². The summed E-state index contributed by atoms with van der Waals surface area (Å²) in [6.07, 6.45) is -2.94. The third-order valence-corrected chi connectivity index (χ3v) is 0.722. The Hall–Kier alpha value is -2.66. The van der Waals surface area contributed by atoms with Crippen LogP contribution in [0.25, 0.3) is 0 Å². The van der Waals surface area contributed by atoms with E-state index >= 15 is 0 Å². The predicted molar refractivity (Wildman–Crippen MR) is 43.9 cm³/mol. The summed E-state index contributed by atoms with van der Waals surface area (Å²) in [5, 5.41) is 28.5. The molecule has 0 aliphatic heterocycles. The minimum Gasteiger partial charge on any atom is -0.350 e. The molecule has 0 saturated carbocycles. The van der Waals surface area contributed by atoms with Crippen molar-refractivity contribution < 1.29 is 19.6 Å². The molecule has 0 fully saturated rings. The predicted octanol–water partition coefficient (Wildman–Crippen LogP) is -1.13. The second-order valence-electron chi connectivity index (χ2n) is 1.70. The molecule has 2 N–H and O–H groups in total. The molecule has 0 radical (unpaired) electrons. The molecule has 0 saturated heterocycles. The second kappa shape index (κ2) is 6.81. The number of urea groups is 1. The van der Waals surface area contributed by atoms with E-state index in [0.717, 1.165) is 0 Å². The highest BCUT2D eigenvalue weighted by molar-refractivity contribution is 5.76. The van der Waals surface area contributed by atoms with Crippen LogP contribution in [-0.2, 0) is 0 Å². The molecule has 2 amide bonds. The van der Waals surface area contributed by atoms with Gasteiger partial charge in [-0.15, -0.1) is 0 Å². The Morgan fingerprint density at radius 3 is 1.33 bits per heavy atom. The Bertz CT molecular complexity index is 266. The molecule has 0 rings (SSSR count). The fourth-order valence-electron chi connectivity index (χ4n) is 0.231. The topological polar surface area (TPSA) is 185 Å². The monoisotopic (exact) mass is 223 g/mol. The summed E-state index contributed by atoms with van der Waals surface area (Å²) in [7, 11) is 0. The number of hydrogen-bond donors (Lipinski definition) is 1. The van der Waals surface area contributed by atoms with Crippen molar-refractivity contribution in [1.29, 1.82) is 0 Å². The molecule has 0 unspecified atom stereocenters. The van der Waals surface area contributed by atoms with Crippen molar-refractivity contribution in [2.24, 2.45) is 10.7 Å². The van der Waals surface area contributed by atoms with Crippen LogP contribution in [0.2, 0.25) is 0 Å². The minimum absolute atomic E-state index is 0.731. The largest absolute Gasteiger partial charge is 0.693 e. The molecule has 0 aliphatic rings. The molecule has 0 aromatic heterocycles. The van der Waals surface area contributed by atoms with Crippen molar-refractivity contribution in [1.82, 2.24) is 0 Å². The number of hydrogen-bond acceptors (Lipinski definition) is 7. The van der Waals surface area contributed by atoms with Crippen LogP contribution in [0, 0.1) is 30.3 Å². The van der Waals surface area contributed by atoms with E-state index in [2.05, 4.69) is 17.4 Å². The zero-order valence-corrected chi connectivity index (χ0v) is 7.01. The first-order valence-corrected chi connectivity index (χ1v) is 2.90. The van der Waals surface area contributed by atoms with Crippen molar-refractivity contribution in [3.8, 4) is 0 Å². The molecule has 0 aromatic carbocycles. The fourth-order valence-corrected chi connectivity index (χ4v) is 0.231. The van der Waals surface area contributed by atoms with Crippen LogP contribution < -0.4 is 5.73 Å². The summed E-state index contributed by atoms with van der Waals surface area (Å²) in [5.74, 6) is 0. The van der Waals surface area contributed by atoms with Gasteiger partial charge in [0.05, 0.1) is 0 Å². The van der Waals surface area contributed by atoms with Crippen molar-refractivity contribution in [3.63, 3.8) is 0 Å². The summed E-state index contributed by atoms with van der Waals surface area (Å²) in [6, 6.07) is -0.731. The standard InChI is InChI=1S/C2H4N2O.CHN3O6/c1-4-2(3)5;5-2(6)1(3(7)8)4(9)10/h1H2,(H2,3,5);1H. The lowest BCUT2D eigenvalue weighted by Gasteiger charge is -1.90. The van der Waals surface area contributed by atoms with Crippen molar-refractivity contribution in [2.45, 2.75) is 6.29 Å². The van der Waals surface area contributed by atoms with Gasteiger partial charge in [0.1, 0.15) is 0 Å². The van der Waals surface area contributed by atoms with Gasteiger partial charge in [-0.1, -0.05) is 0 Å². The van der Waals surface area contributed by atoms with Gasteiger partial charge in [-0.05, 0) is 6.72 Å². The summed E-state index contributed by atoms with van der Waals surface area (Å²) in [5.41, 5.74) is 4.42. The van der Waals surface area contributed by atoms with E-state index in [-0.39, 0.29) is 0 Å². The number of amides is 2. The average molecular weight is 223 g/mol. The van der Waals surface area contributed by atoms with Gasteiger partial charge in [0.15, 0.2) is 14.8 Å². The van der Waals surface area contributed by atoms with Crippen LogP contribution >= 0.6 is 0 Å². The van der Waals surface area contributed by atoms with Crippen molar-refractivity contribution in [2.75, 3.05) is 0 Å². The first-order valence-electron chi connectivity index (χ1n) is 2.90. The third-order valence-electron chi connectivity index (χ3n) is 0.722. The number of carbonyl (C=O) groups is 1. The molecule has 0 atom stereocenters. The first-order chi connectivity index (χ1) is 6.73. The molecule has 84 valence electrons. The molecule has 0 spiro atoms. The highest BCUT2D eigenvalue weighted by Gasteiger charge is 2.45. The maximum absolute atomic E-state index is 9.50. The Balaban J connectivity index is 0. The molecule has 15 heavy (non-hydrogen) atoms. The average Bonchev–Trinajstić information content (AvgIpc) is 2.02. The normalized spacial score (nSPS) is 8.33. The van der Waals surface area contributed by atoms with Crippen LogP contribution in [0.1, 0.15) is 0 Å². The maximum Gasteiger partial charge on any atom is 0.693 e. The first kappa shape index (κ1) is 14.8. The summed E-state index contributed by atoms with van der Waals surface area (Å²) < 4.78 is 0. The summed E-state index contributed by atoms with van der Waals surface area (Å²) in [6.45, 7) is 2.84. The Labute approximate surface area is 80.8 Å². The summed E-state index contributed by atoms with van der Waals surface area (Å²) >= 11 is 0. The minimum atomic E-state index is -2.94. The smallest absolute Gasteiger partial charge is 0.350 e. The van der Waals surface area contributed by atoms with Gasteiger partial charge < -0.3 is 5.73 Å². The van der Waals surface area contributed by atoms with Crippen molar-refractivity contribution in [3.05, 3.63) is 30.3 Å². The van der Waals surface area contributed by atoms with Gasteiger partial charge in [-0.25, -0.2) is 9.79 Å². The van der Waals surface area contributed by atoms with Gasteiger partial charge >= 0.3 is 12.3 Å². The maximum atomic E-state index is 9.50. The molecule has 0 heterocycles. The van der Waals surface area contributed by atoms with Crippen LogP contribution in [-0.4, -0.2) is 33.8 Å². The highest BCUT2D eigenvalue weighted by Crippen LogP contribution is 1.90. The fraction of sp³-hybridized carbons (Fsp3) is 0.333. The third kappa shape index (κ3) is 7.69. The number of primary amides is 1. The Morgan fingerprint density at radius 1 is 1.13 bits per heavy atom. The molecule has 12 heteroatoms. The summed E-state index contributed by atoms with van der Waals surface area (Å²) in [4.78, 5) is 35.9. The molecule has 12 nitrogen and oxygen atoms in total. The SMILES string of the molecule is C=NC(N)=O.O=[N+]([O-])C([N+](=O)[O-])[N+](=O)[O-]. The van der Waals surface area contributed by atoms with E-state index in [1.165, 1.54) is 0 Å². The van der Waals surface area contributed by atoms with Gasteiger partial charge in [0.2, 0.25) is 0 Å². The van der Waals surface area contributed by atoms with Gasteiger partial charge in [0, 0.05) is 0 Å². The number of rotatable bonds is 3. The zero-order valence-electron chi connectivity index (χ0n) is 7.01. The van der Waals surface area contributed by atoms with E-state index in [0.29, 0.717) is 0 Å². The zero-order chi connectivity index (χ0) is 12.6. The lowest BCUT2D eigenvalue weighted by molar-refractivity contribution is -0.912. The second-order valence-corrected chi connectivity index (χ2v) is 1.70. The van der Waals surface area contributed by atoms with E-state index in [1.54, 1.807) is 0 Å². The van der Waals surface area contributed by atoms with Crippen LogP contribution in [0.5, 0.6) is 0 Å². The number of nitrogens with two attached hydrogens (primary N) is 1. The van der Waals surface area contributed by atoms with Gasteiger partial charge in [-0.2, -0.15) is 0 Å². The van der Waals surface area contributed by atoms with Crippen LogP contribution in [0.15, 0.2) is 4.99 Å². The number of carbonyl (C=O) groups excluding carboxylic acids is 1. The molecule has 0 aromatic rings. The van der Waals surface area contributed by atoms with Crippen LogP contribution in [0.4, 0.5) is 4.79 Å². The number of nitro groups is 3. The van der Waals surface area contributed by atoms with Crippen LogP contribution in [0.3, 0.4) is 0 Å². The molecule has 0 bridgehead atoms. The Morgan fingerprint density at radius 2 is 1.33 bits per heavy atom. The van der Waals surface area contributed by atoms with Gasteiger partial charge in [-0.3, -0.25) is 30.3 Å². The van der Waals surface area contributed by atoms with E-state index < -0.39 is 27.1 Å². The van der Waals surface area contributed by atoms with E-state index in [1.807, 2.05) is 0 Å². The number of nitrogens with zero attached hydrogens (tertiary/aromatic N) is 4. The highest BCUT2D eigenvalue weighted by atomic mass is 16.7. The Kier molecular flexibility index (Phi) is 6.74. The number of aliphatic imine (C=N–C) groups is 1. The molecule has 0 aliphatic carbocycles. The lowest BCUT2D eigenvalue weighted by Crippen LogP contribution is -2.36. The molecular weight excluding hydrogens is 218 g/mol. The lowest BCUT2D eigenvalue weighted by atomic mass is 10.9. The van der Waals surface area contributed by atoms with Crippen molar-refractivity contribution >= 4 is 12.7 Å².